The third kappa shape index (κ3) is 4.74. The number of anilines is 1. The lowest BCUT2D eigenvalue weighted by molar-refractivity contribution is 0.0952. The molecule has 0 spiro atoms. The summed E-state index contributed by atoms with van der Waals surface area (Å²) in [5.41, 5.74) is 2.73. The zero-order valence-corrected chi connectivity index (χ0v) is 18.9. The van der Waals surface area contributed by atoms with Gasteiger partial charge in [-0.2, -0.15) is 4.98 Å². The number of fused-ring (bicyclic) bond motifs is 1. The molecular weight excluding hydrogens is 432 g/mol. The highest BCUT2D eigenvalue weighted by Gasteiger charge is 2.20. The molecule has 1 aliphatic carbocycles. The normalized spacial score (nSPS) is 18.1. The number of rotatable bonds is 6. The largest absolute Gasteiger partial charge is 0.393 e. The second kappa shape index (κ2) is 9.56. The summed E-state index contributed by atoms with van der Waals surface area (Å²) in [5, 5.41) is 20.7. The Morgan fingerprint density at radius 2 is 1.91 bits per heavy atom. The van der Waals surface area contributed by atoms with Crippen LogP contribution in [-0.4, -0.2) is 43.3 Å². The van der Waals surface area contributed by atoms with E-state index in [1.165, 1.54) is 0 Å². The molecule has 0 saturated heterocycles. The van der Waals surface area contributed by atoms with Crippen molar-refractivity contribution in [3.8, 4) is 11.5 Å². The Hall–Kier alpha value is -3.85. The SMILES string of the molecule is Cc1noc(-c2ccccc2CNC(=O)c2cccc3cnc(NC4CCC(O)CC4)nc23)n1. The first-order chi connectivity index (χ1) is 16.6. The van der Waals surface area contributed by atoms with E-state index in [1.54, 1.807) is 19.2 Å². The number of aromatic nitrogens is 4. The number of nitrogens with one attached hydrogen (secondary N) is 2. The molecule has 2 aromatic carbocycles. The van der Waals surface area contributed by atoms with Crippen LogP contribution in [0.1, 0.15) is 47.4 Å². The number of aliphatic hydroxyl groups is 1. The molecule has 2 aromatic heterocycles. The summed E-state index contributed by atoms with van der Waals surface area (Å²) in [6.07, 6.45) is 4.77. The second-order valence-corrected chi connectivity index (χ2v) is 8.57. The standard InChI is InChI=1S/C25H26N6O3/c1-15-28-24(34-31-15)20-7-3-2-5-16(20)13-26-23(33)21-8-4-6-17-14-27-25(30-22(17)21)29-18-9-11-19(32)12-10-18/h2-8,14,18-19,32H,9-13H2,1H3,(H,26,33)(H,27,29,30). The molecule has 1 fully saturated rings. The average Bonchev–Trinajstić information content (AvgIpc) is 3.30. The van der Waals surface area contributed by atoms with Crippen LogP contribution in [0.3, 0.4) is 0 Å². The molecule has 0 atom stereocenters. The molecule has 34 heavy (non-hydrogen) atoms. The number of para-hydroxylation sites is 1. The van der Waals surface area contributed by atoms with Crippen molar-refractivity contribution in [3.05, 3.63) is 65.6 Å². The van der Waals surface area contributed by atoms with Gasteiger partial charge in [0.05, 0.1) is 17.2 Å². The Morgan fingerprint density at radius 3 is 2.71 bits per heavy atom. The molecule has 1 aliphatic rings. The molecule has 1 saturated carbocycles. The first-order valence-corrected chi connectivity index (χ1v) is 11.4. The van der Waals surface area contributed by atoms with Crippen molar-refractivity contribution in [1.82, 2.24) is 25.4 Å². The van der Waals surface area contributed by atoms with E-state index in [-0.39, 0.29) is 18.1 Å². The summed E-state index contributed by atoms with van der Waals surface area (Å²) in [6.45, 7) is 2.06. The quantitative estimate of drug-likeness (QED) is 0.400. The number of hydrogen-bond donors (Lipinski definition) is 3. The first kappa shape index (κ1) is 22.0. The summed E-state index contributed by atoms with van der Waals surface area (Å²) in [4.78, 5) is 26.5. The number of aliphatic hydroxyl groups excluding tert-OH is 1. The van der Waals surface area contributed by atoms with E-state index >= 15 is 0 Å². The van der Waals surface area contributed by atoms with Crippen LogP contribution in [0.5, 0.6) is 0 Å². The van der Waals surface area contributed by atoms with Gasteiger partial charge in [-0.3, -0.25) is 4.79 Å². The smallest absolute Gasteiger partial charge is 0.258 e. The fourth-order valence-corrected chi connectivity index (χ4v) is 4.27. The van der Waals surface area contributed by atoms with E-state index in [9.17, 15) is 9.90 Å². The topological polar surface area (TPSA) is 126 Å². The molecule has 4 aromatic rings. The summed E-state index contributed by atoms with van der Waals surface area (Å²) in [7, 11) is 0. The van der Waals surface area contributed by atoms with E-state index in [1.807, 2.05) is 36.4 Å². The molecule has 5 rings (SSSR count). The molecule has 9 nitrogen and oxygen atoms in total. The number of carbonyl (C=O) groups excluding carboxylic acids is 1. The van der Waals surface area contributed by atoms with E-state index < -0.39 is 0 Å². The monoisotopic (exact) mass is 458 g/mol. The molecule has 1 amide bonds. The van der Waals surface area contributed by atoms with Crippen LogP contribution in [0.15, 0.2) is 53.2 Å². The Morgan fingerprint density at radius 1 is 1.09 bits per heavy atom. The van der Waals surface area contributed by atoms with Crippen molar-refractivity contribution in [2.75, 3.05) is 5.32 Å². The molecule has 174 valence electrons. The summed E-state index contributed by atoms with van der Waals surface area (Å²) in [6, 6.07) is 13.3. The maximum absolute atomic E-state index is 13.2. The molecule has 0 aliphatic heterocycles. The van der Waals surface area contributed by atoms with Gasteiger partial charge in [0.1, 0.15) is 0 Å². The Balaban J connectivity index is 1.34. The highest BCUT2D eigenvalue weighted by Crippen LogP contribution is 2.24. The van der Waals surface area contributed by atoms with Gasteiger partial charge in [0.25, 0.3) is 11.8 Å². The molecule has 0 radical (unpaired) electrons. The summed E-state index contributed by atoms with van der Waals surface area (Å²) in [5.74, 6) is 1.24. The maximum Gasteiger partial charge on any atom is 0.258 e. The van der Waals surface area contributed by atoms with Crippen molar-refractivity contribution in [2.24, 2.45) is 0 Å². The van der Waals surface area contributed by atoms with Crippen LogP contribution in [0.2, 0.25) is 0 Å². The van der Waals surface area contributed by atoms with Gasteiger partial charge in [-0.25, -0.2) is 9.97 Å². The highest BCUT2D eigenvalue weighted by atomic mass is 16.5. The predicted molar refractivity (Wildman–Crippen MR) is 127 cm³/mol. The number of amides is 1. The zero-order valence-electron chi connectivity index (χ0n) is 18.9. The number of hydrogen-bond acceptors (Lipinski definition) is 8. The van der Waals surface area contributed by atoms with Gasteiger partial charge >= 0.3 is 0 Å². The van der Waals surface area contributed by atoms with Crippen molar-refractivity contribution in [2.45, 2.75) is 51.3 Å². The molecule has 9 heteroatoms. The minimum absolute atomic E-state index is 0.215. The van der Waals surface area contributed by atoms with Crippen LogP contribution in [0, 0.1) is 6.92 Å². The minimum atomic E-state index is -0.229. The average molecular weight is 459 g/mol. The van der Waals surface area contributed by atoms with Gasteiger partial charge in [0, 0.05) is 29.7 Å². The number of carbonyl (C=O) groups is 1. The van der Waals surface area contributed by atoms with Gasteiger partial charge in [0.2, 0.25) is 5.95 Å². The highest BCUT2D eigenvalue weighted by molar-refractivity contribution is 6.05. The lowest BCUT2D eigenvalue weighted by Crippen LogP contribution is -2.29. The van der Waals surface area contributed by atoms with E-state index in [0.717, 1.165) is 42.2 Å². The molecular formula is C25H26N6O3. The third-order valence-corrected chi connectivity index (χ3v) is 6.10. The lowest BCUT2D eigenvalue weighted by atomic mass is 9.93. The minimum Gasteiger partial charge on any atom is -0.393 e. The molecule has 3 N–H and O–H groups in total. The zero-order chi connectivity index (χ0) is 23.5. The van der Waals surface area contributed by atoms with Gasteiger partial charge in [0.15, 0.2) is 5.82 Å². The van der Waals surface area contributed by atoms with E-state index in [2.05, 4.69) is 30.7 Å². The van der Waals surface area contributed by atoms with Crippen molar-refractivity contribution in [3.63, 3.8) is 0 Å². The molecule has 0 unspecified atom stereocenters. The second-order valence-electron chi connectivity index (χ2n) is 8.57. The van der Waals surface area contributed by atoms with Crippen LogP contribution >= 0.6 is 0 Å². The maximum atomic E-state index is 13.2. The van der Waals surface area contributed by atoms with Gasteiger partial charge in [-0.15, -0.1) is 0 Å². The summed E-state index contributed by atoms with van der Waals surface area (Å²) < 4.78 is 5.31. The lowest BCUT2D eigenvalue weighted by Gasteiger charge is -2.26. The Kier molecular flexibility index (Phi) is 6.18. The fourth-order valence-electron chi connectivity index (χ4n) is 4.27. The number of nitrogens with zero attached hydrogens (tertiary/aromatic N) is 4. The third-order valence-electron chi connectivity index (χ3n) is 6.10. The van der Waals surface area contributed by atoms with E-state index in [4.69, 9.17) is 4.52 Å². The predicted octanol–water partition coefficient (Wildman–Crippen LogP) is 3.63. The van der Waals surface area contributed by atoms with Crippen molar-refractivity contribution < 1.29 is 14.4 Å². The van der Waals surface area contributed by atoms with Gasteiger partial charge in [-0.1, -0.05) is 35.5 Å². The molecule has 2 heterocycles. The summed E-state index contributed by atoms with van der Waals surface area (Å²) >= 11 is 0. The fraction of sp³-hybridized carbons (Fsp3) is 0.320. The van der Waals surface area contributed by atoms with Crippen LogP contribution in [0.25, 0.3) is 22.4 Å². The van der Waals surface area contributed by atoms with Crippen LogP contribution in [0.4, 0.5) is 5.95 Å². The Bertz CT molecular complexity index is 1310. The molecule has 0 bridgehead atoms. The van der Waals surface area contributed by atoms with Gasteiger partial charge < -0.3 is 20.3 Å². The van der Waals surface area contributed by atoms with Crippen molar-refractivity contribution >= 4 is 22.8 Å². The Labute approximate surface area is 196 Å². The number of aryl methyl sites for hydroxylation is 1. The van der Waals surface area contributed by atoms with Gasteiger partial charge in [-0.05, 0) is 50.3 Å². The van der Waals surface area contributed by atoms with Crippen molar-refractivity contribution in [1.29, 1.82) is 0 Å². The first-order valence-electron chi connectivity index (χ1n) is 11.4. The van der Waals surface area contributed by atoms with E-state index in [0.29, 0.717) is 35.3 Å². The van der Waals surface area contributed by atoms with Crippen LogP contribution < -0.4 is 10.6 Å². The number of benzene rings is 2. The van der Waals surface area contributed by atoms with Crippen LogP contribution in [-0.2, 0) is 6.54 Å².